The molecule has 0 radical (unpaired) electrons. The largest absolute Gasteiger partial charge is 0.480 e. The fourth-order valence-corrected chi connectivity index (χ4v) is 3.59. The summed E-state index contributed by atoms with van der Waals surface area (Å²) in [5, 5.41) is 4.81. The van der Waals surface area contributed by atoms with Crippen molar-refractivity contribution in [2.75, 3.05) is 7.11 Å². The summed E-state index contributed by atoms with van der Waals surface area (Å²) < 4.78 is 8.97. The average Bonchev–Trinajstić information content (AvgIpc) is 2.80. The minimum absolute atomic E-state index is 0.0712. The van der Waals surface area contributed by atoms with E-state index in [1.165, 1.54) is 57.8 Å². The Kier molecular flexibility index (Phi) is 8.80. The topological polar surface area (TPSA) is 27.1 Å². The first kappa shape index (κ1) is 19.8. The molecule has 1 unspecified atom stereocenters. The van der Waals surface area contributed by atoms with Crippen molar-refractivity contribution in [2.45, 2.75) is 91.0 Å². The van der Waals surface area contributed by atoms with Crippen molar-refractivity contribution in [1.29, 1.82) is 0 Å². The van der Waals surface area contributed by atoms with E-state index in [4.69, 9.17) is 9.84 Å². The first-order valence-corrected chi connectivity index (χ1v) is 9.87. The van der Waals surface area contributed by atoms with Crippen molar-refractivity contribution in [3.8, 4) is 5.88 Å². The van der Waals surface area contributed by atoms with Crippen molar-refractivity contribution >= 4 is 22.6 Å². The van der Waals surface area contributed by atoms with Crippen LogP contribution < -0.4 is 4.74 Å². The van der Waals surface area contributed by atoms with E-state index in [0.29, 0.717) is 0 Å². The molecule has 0 bridgehead atoms. The lowest BCUT2D eigenvalue weighted by atomic mass is 9.88. The average molecular weight is 420 g/mol. The zero-order valence-corrected chi connectivity index (χ0v) is 17.2. The fraction of sp³-hybridized carbons (Fsp3) is 0.833. The normalized spacial score (nSPS) is 14.1. The number of rotatable bonds is 11. The van der Waals surface area contributed by atoms with Crippen LogP contribution in [0.4, 0.5) is 0 Å². The van der Waals surface area contributed by atoms with Crippen LogP contribution in [0.5, 0.6) is 5.88 Å². The van der Waals surface area contributed by atoms with Gasteiger partial charge in [-0.1, -0.05) is 58.8 Å². The van der Waals surface area contributed by atoms with Crippen LogP contribution in [0.25, 0.3) is 0 Å². The molecule has 0 fully saturated rings. The molecule has 1 heterocycles. The highest BCUT2D eigenvalue weighted by Crippen LogP contribution is 2.36. The molecule has 0 aromatic carbocycles. The maximum Gasteiger partial charge on any atom is 0.226 e. The number of hydrogen-bond acceptors (Lipinski definition) is 2. The van der Waals surface area contributed by atoms with Crippen molar-refractivity contribution in [1.82, 2.24) is 9.78 Å². The molecule has 0 amide bonds. The Morgan fingerprint density at radius 2 is 1.64 bits per heavy atom. The third kappa shape index (κ3) is 5.14. The smallest absolute Gasteiger partial charge is 0.226 e. The number of aromatic nitrogens is 2. The Morgan fingerprint density at radius 3 is 2.23 bits per heavy atom. The molecule has 0 spiro atoms. The van der Waals surface area contributed by atoms with Crippen LogP contribution in [0.2, 0.25) is 0 Å². The van der Waals surface area contributed by atoms with E-state index >= 15 is 0 Å². The van der Waals surface area contributed by atoms with Crippen molar-refractivity contribution in [3.63, 3.8) is 0 Å². The number of unbranched alkanes of at least 4 members (excludes halogenated alkanes) is 5. The van der Waals surface area contributed by atoms with Gasteiger partial charge >= 0.3 is 0 Å². The van der Waals surface area contributed by atoms with Gasteiger partial charge in [-0.3, -0.25) is 0 Å². The lowest BCUT2D eigenvalue weighted by molar-refractivity contribution is 0.199. The standard InChI is InChI=1S/C18H33IN2O/c1-6-8-10-11-12-14-18(4,13-9-7-2)21-17(22-5)16(19)15(3)20-21/h6-14H2,1-5H3. The number of nitrogens with zero attached hydrogens (tertiary/aromatic N) is 2. The number of halogens is 1. The molecule has 4 heteroatoms. The SMILES string of the molecule is CCCCCCCC(C)(CCCC)n1nc(C)c(I)c1OC. The first-order valence-electron chi connectivity index (χ1n) is 8.79. The van der Waals surface area contributed by atoms with Crippen LogP contribution >= 0.6 is 22.6 Å². The minimum atomic E-state index is 0.0712. The van der Waals surface area contributed by atoms with E-state index in [0.717, 1.165) is 15.1 Å². The van der Waals surface area contributed by atoms with Crippen LogP contribution in [-0.2, 0) is 5.54 Å². The summed E-state index contributed by atoms with van der Waals surface area (Å²) in [5.41, 5.74) is 1.15. The second-order valence-electron chi connectivity index (χ2n) is 6.59. The molecule has 1 rings (SSSR count). The second-order valence-corrected chi connectivity index (χ2v) is 7.66. The van der Waals surface area contributed by atoms with Gasteiger partial charge in [0.25, 0.3) is 0 Å². The molecular weight excluding hydrogens is 387 g/mol. The maximum atomic E-state index is 5.66. The maximum absolute atomic E-state index is 5.66. The van der Waals surface area contributed by atoms with Gasteiger partial charge in [0, 0.05) is 0 Å². The van der Waals surface area contributed by atoms with E-state index in [1.807, 2.05) is 0 Å². The van der Waals surface area contributed by atoms with Crippen LogP contribution in [-0.4, -0.2) is 16.9 Å². The van der Waals surface area contributed by atoms with Gasteiger partial charge in [0.15, 0.2) is 0 Å². The van der Waals surface area contributed by atoms with Gasteiger partial charge in [-0.15, -0.1) is 0 Å². The highest BCUT2D eigenvalue weighted by molar-refractivity contribution is 14.1. The van der Waals surface area contributed by atoms with Gasteiger partial charge in [-0.25, -0.2) is 4.68 Å². The lowest BCUT2D eigenvalue weighted by Crippen LogP contribution is -2.32. The van der Waals surface area contributed by atoms with Crippen LogP contribution in [0.3, 0.4) is 0 Å². The van der Waals surface area contributed by atoms with Gasteiger partial charge in [0.05, 0.1) is 21.9 Å². The van der Waals surface area contributed by atoms with E-state index in [9.17, 15) is 0 Å². The van der Waals surface area contributed by atoms with Crippen LogP contribution in [0.15, 0.2) is 0 Å². The molecule has 22 heavy (non-hydrogen) atoms. The van der Waals surface area contributed by atoms with Gasteiger partial charge in [0.1, 0.15) is 0 Å². The summed E-state index contributed by atoms with van der Waals surface area (Å²) in [6.45, 7) is 8.96. The molecule has 0 aliphatic rings. The quantitative estimate of drug-likeness (QED) is 0.321. The Hall–Kier alpha value is -0.260. The molecule has 0 aliphatic heterocycles. The molecule has 0 N–H and O–H groups in total. The summed E-state index contributed by atoms with van der Waals surface area (Å²) in [6.07, 6.45) is 11.4. The van der Waals surface area contributed by atoms with Crippen molar-refractivity contribution in [2.24, 2.45) is 0 Å². The Balaban J connectivity index is 2.88. The van der Waals surface area contributed by atoms with Gasteiger partial charge in [-0.2, -0.15) is 5.10 Å². The van der Waals surface area contributed by atoms with Crippen molar-refractivity contribution < 1.29 is 4.74 Å². The molecule has 128 valence electrons. The highest BCUT2D eigenvalue weighted by Gasteiger charge is 2.31. The Bertz CT molecular complexity index is 445. The number of methoxy groups -OCH3 is 1. The Labute approximate surface area is 150 Å². The summed E-state index contributed by atoms with van der Waals surface area (Å²) in [7, 11) is 1.76. The summed E-state index contributed by atoms with van der Waals surface area (Å²) in [4.78, 5) is 0. The number of ether oxygens (including phenoxy) is 1. The molecule has 3 nitrogen and oxygen atoms in total. The van der Waals surface area contributed by atoms with E-state index < -0.39 is 0 Å². The molecule has 1 aromatic heterocycles. The summed E-state index contributed by atoms with van der Waals surface area (Å²) >= 11 is 2.35. The third-order valence-electron chi connectivity index (χ3n) is 4.54. The number of hydrogen-bond donors (Lipinski definition) is 0. The van der Waals surface area contributed by atoms with E-state index in [1.54, 1.807) is 7.11 Å². The van der Waals surface area contributed by atoms with Gasteiger partial charge in [-0.05, 0) is 49.3 Å². The zero-order valence-electron chi connectivity index (χ0n) is 15.0. The van der Waals surface area contributed by atoms with Gasteiger partial charge in [0.2, 0.25) is 5.88 Å². The lowest BCUT2D eigenvalue weighted by Gasteiger charge is -2.31. The predicted molar refractivity (Wildman–Crippen MR) is 103 cm³/mol. The second kappa shape index (κ2) is 9.78. The van der Waals surface area contributed by atoms with E-state index in [2.05, 4.69) is 55.0 Å². The molecule has 0 saturated heterocycles. The van der Waals surface area contributed by atoms with Gasteiger partial charge < -0.3 is 4.74 Å². The zero-order chi connectivity index (χ0) is 16.6. The Morgan fingerprint density at radius 1 is 1.05 bits per heavy atom. The van der Waals surface area contributed by atoms with Crippen LogP contribution in [0, 0.1) is 10.5 Å². The minimum Gasteiger partial charge on any atom is -0.480 e. The predicted octanol–water partition coefficient (Wildman–Crippen LogP) is 6.07. The highest BCUT2D eigenvalue weighted by atomic mass is 127. The number of aryl methyl sites for hydroxylation is 1. The molecule has 0 saturated carbocycles. The van der Waals surface area contributed by atoms with E-state index in [-0.39, 0.29) is 5.54 Å². The molecular formula is C18H33IN2O. The van der Waals surface area contributed by atoms with Crippen molar-refractivity contribution in [3.05, 3.63) is 9.26 Å². The summed E-state index contributed by atoms with van der Waals surface area (Å²) in [6, 6.07) is 0. The molecule has 0 aliphatic carbocycles. The summed E-state index contributed by atoms with van der Waals surface area (Å²) in [5.74, 6) is 0.935. The third-order valence-corrected chi connectivity index (χ3v) is 5.78. The molecule has 1 aromatic rings. The monoisotopic (exact) mass is 420 g/mol. The van der Waals surface area contributed by atoms with Crippen LogP contribution in [0.1, 0.15) is 84.3 Å². The molecule has 1 atom stereocenters. The fourth-order valence-electron chi connectivity index (χ4n) is 3.03. The first-order chi connectivity index (χ1) is 10.5.